The number of benzene rings is 1. The molecule has 29 heavy (non-hydrogen) atoms. The summed E-state index contributed by atoms with van der Waals surface area (Å²) in [6, 6.07) is 8.20. The van der Waals surface area contributed by atoms with Crippen LogP contribution in [-0.4, -0.2) is 41.2 Å². The van der Waals surface area contributed by atoms with Crippen molar-refractivity contribution >= 4 is 23.2 Å². The van der Waals surface area contributed by atoms with Crippen molar-refractivity contribution in [3.63, 3.8) is 0 Å². The number of hydrogen-bond acceptors (Lipinski definition) is 3. The minimum Gasteiger partial charge on any atom is -0.333 e. The fourth-order valence-electron chi connectivity index (χ4n) is 3.88. The van der Waals surface area contributed by atoms with E-state index in [2.05, 4.69) is 6.07 Å². The Morgan fingerprint density at radius 2 is 1.97 bits per heavy atom. The van der Waals surface area contributed by atoms with Crippen molar-refractivity contribution in [3.8, 4) is 0 Å². The Balaban J connectivity index is 1.85. The number of carbonyl (C=O) groups is 2. The van der Waals surface area contributed by atoms with Crippen molar-refractivity contribution in [2.45, 2.75) is 46.1 Å². The molecule has 1 aromatic carbocycles. The summed E-state index contributed by atoms with van der Waals surface area (Å²) >= 11 is 1.70. The maximum atomic E-state index is 13.5. The van der Waals surface area contributed by atoms with Crippen LogP contribution >= 0.6 is 11.3 Å². The molecule has 0 N–H and O–H groups in total. The lowest BCUT2D eigenvalue weighted by molar-refractivity contribution is -0.142. The second-order valence-electron chi connectivity index (χ2n) is 8.00. The molecule has 0 unspecified atom stereocenters. The van der Waals surface area contributed by atoms with E-state index in [1.165, 1.54) is 17.0 Å². The predicted octanol–water partition coefficient (Wildman–Crippen LogP) is 4.65. The van der Waals surface area contributed by atoms with Gasteiger partial charge < -0.3 is 9.80 Å². The number of fused-ring (bicyclic) bond motifs is 1. The number of rotatable bonds is 7. The van der Waals surface area contributed by atoms with Crippen LogP contribution in [0.25, 0.3) is 0 Å². The molecule has 2 amide bonds. The standard InChI is InChI=1S/C23H29FN2O2S/c1-4-11-25(21(27)14-16(2)3)15-22(28)26-12-9-20-19(10-13-29-20)23(26)17-5-7-18(24)8-6-17/h5-8,10,13,16,23H,4,9,11-12,14-15H2,1-3H3/t23-/m0/s1. The molecular formula is C23H29FN2O2S. The average Bonchev–Trinajstić information content (AvgIpc) is 3.16. The van der Waals surface area contributed by atoms with Crippen LogP contribution in [0.15, 0.2) is 35.7 Å². The van der Waals surface area contributed by atoms with E-state index in [1.54, 1.807) is 28.4 Å². The fraction of sp³-hybridized carbons (Fsp3) is 0.478. The van der Waals surface area contributed by atoms with Crippen LogP contribution in [0.2, 0.25) is 0 Å². The summed E-state index contributed by atoms with van der Waals surface area (Å²) in [6.45, 7) is 7.31. The molecule has 3 rings (SSSR count). The third kappa shape index (κ3) is 5.04. The normalized spacial score (nSPS) is 16.0. The van der Waals surface area contributed by atoms with Gasteiger partial charge in [0.2, 0.25) is 11.8 Å². The maximum absolute atomic E-state index is 13.5. The van der Waals surface area contributed by atoms with Gasteiger partial charge in [-0.1, -0.05) is 32.9 Å². The first-order valence-electron chi connectivity index (χ1n) is 10.3. The van der Waals surface area contributed by atoms with Gasteiger partial charge in [0.25, 0.3) is 0 Å². The van der Waals surface area contributed by atoms with Gasteiger partial charge in [0.15, 0.2) is 0 Å². The molecule has 0 bridgehead atoms. The van der Waals surface area contributed by atoms with Gasteiger partial charge in [-0.15, -0.1) is 11.3 Å². The molecule has 0 saturated heterocycles. The van der Waals surface area contributed by atoms with Gasteiger partial charge in [-0.3, -0.25) is 9.59 Å². The molecule has 1 atom stereocenters. The summed E-state index contributed by atoms with van der Waals surface area (Å²) in [5.74, 6) is -0.0582. The summed E-state index contributed by atoms with van der Waals surface area (Å²) in [5, 5.41) is 2.05. The zero-order valence-corrected chi connectivity index (χ0v) is 18.2. The summed E-state index contributed by atoms with van der Waals surface area (Å²) in [4.78, 5) is 30.8. The Kier molecular flexibility index (Phi) is 7.06. The third-order valence-corrected chi connectivity index (χ3v) is 6.22. The smallest absolute Gasteiger partial charge is 0.242 e. The molecule has 1 aliphatic heterocycles. The Morgan fingerprint density at radius 1 is 1.24 bits per heavy atom. The van der Waals surface area contributed by atoms with Crippen molar-refractivity contribution < 1.29 is 14.0 Å². The quantitative estimate of drug-likeness (QED) is 0.659. The molecular weight excluding hydrogens is 387 g/mol. The van der Waals surface area contributed by atoms with Crippen LogP contribution < -0.4 is 0 Å². The molecule has 1 aliphatic rings. The van der Waals surface area contributed by atoms with E-state index >= 15 is 0 Å². The van der Waals surface area contributed by atoms with Crippen molar-refractivity contribution in [3.05, 3.63) is 57.5 Å². The van der Waals surface area contributed by atoms with Crippen LogP contribution in [0.5, 0.6) is 0 Å². The summed E-state index contributed by atoms with van der Waals surface area (Å²) < 4.78 is 13.5. The zero-order valence-electron chi connectivity index (χ0n) is 17.4. The lowest BCUT2D eigenvalue weighted by Crippen LogP contribution is -2.47. The Labute approximate surface area is 176 Å². The minimum atomic E-state index is -0.290. The van der Waals surface area contributed by atoms with Gasteiger partial charge >= 0.3 is 0 Å². The van der Waals surface area contributed by atoms with E-state index in [9.17, 15) is 14.0 Å². The molecule has 0 fully saturated rings. The van der Waals surface area contributed by atoms with E-state index in [4.69, 9.17) is 0 Å². The van der Waals surface area contributed by atoms with Crippen molar-refractivity contribution in [1.82, 2.24) is 9.80 Å². The molecule has 0 saturated carbocycles. The number of hydrogen-bond donors (Lipinski definition) is 0. The lowest BCUT2D eigenvalue weighted by Gasteiger charge is -2.37. The van der Waals surface area contributed by atoms with E-state index in [0.29, 0.717) is 19.5 Å². The molecule has 0 aliphatic carbocycles. The monoisotopic (exact) mass is 416 g/mol. The van der Waals surface area contributed by atoms with E-state index in [0.717, 1.165) is 24.0 Å². The van der Waals surface area contributed by atoms with Gasteiger partial charge in [-0.2, -0.15) is 0 Å². The topological polar surface area (TPSA) is 40.6 Å². The molecule has 0 radical (unpaired) electrons. The largest absolute Gasteiger partial charge is 0.333 e. The summed E-state index contributed by atoms with van der Waals surface area (Å²) in [6.07, 6.45) is 2.07. The van der Waals surface area contributed by atoms with Gasteiger partial charge in [0, 0.05) is 24.4 Å². The molecule has 2 aromatic rings. The average molecular weight is 417 g/mol. The second kappa shape index (κ2) is 9.53. The van der Waals surface area contributed by atoms with Crippen LogP contribution in [-0.2, 0) is 16.0 Å². The molecule has 4 nitrogen and oxygen atoms in total. The van der Waals surface area contributed by atoms with E-state index in [1.807, 2.05) is 31.1 Å². The highest BCUT2D eigenvalue weighted by Crippen LogP contribution is 2.37. The number of halogens is 1. The Bertz CT molecular complexity index is 847. The molecule has 2 heterocycles. The van der Waals surface area contributed by atoms with Gasteiger partial charge in [0.05, 0.1) is 12.6 Å². The first kappa shape index (κ1) is 21.5. The van der Waals surface area contributed by atoms with Crippen LogP contribution in [0.1, 0.15) is 55.7 Å². The first-order valence-corrected chi connectivity index (χ1v) is 11.2. The highest BCUT2D eigenvalue weighted by Gasteiger charge is 2.33. The first-order chi connectivity index (χ1) is 13.9. The molecule has 6 heteroatoms. The zero-order chi connectivity index (χ0) is 21.0. The van der Waals surface area contributed by atoms with Crippen LogP contribution in [0.3, 0.4) is 0 Å². The highest BCUT2D eigenvalue weighted by atomic mass is 32.1. The van der Waals surface area contributed by atoms with Crippen LogP contribution in [0, 0.1) is 11.7 Å². The summed E-state index contributed by atoms with van der Waals surface area (Å²) in [5.41, 5.74) is 2.01. The van der Waals surface area contributed by atoms with Crippen molar-refractivity contribution in [2.24, 2.45) is 5.92 Å². The fourth-order valence-corrected chi connectivity index (χ4v) is 4.79. The third-order valence-electron chi connectivity index (χ3n) is 5.23. The minimum absolute atomic E-state index is 0.0294. The van der Waals surface area contributed by atoms with E-state index in [-0.39, 0.29) is 36.1 Å². The number of carbonyl (C=O) groups excluding carboxylic acids is 2. The number of thiophene rings is 1. The number of nitrogens with zero attached hydrogens (tertiary/aromatic N) is 2. The molecule has 0 spiro atoms. The maximum Gasteiger partial charge on any atom is 0.242 e. The van der Waals surface area contributed by atoms with Gasteiger partial charge in [-0.25, -0.2) is 4.39 Å². The van der Waals surface area contributed by atoms with Crippen molar-refractivity contribution in [1.29, 1.82) is 0 Å². The SMILES string of the molecule is CCCN(CC(=O)N1CCc2sccc2[C@@H]1c1ccc(F)cc1)C(=O)CC(C)C. The highest BCUT2D eigenvalue weighted by molar-refractivity contribution is 7.10. The van der Waals surface area contributed by atoms with Crippen molar-refractivity contribution in [2.75, 3.05) is 19.6 Å². The van der Waals surface area contributed by atoms with Crippen LogP contribution in [0.4, 0.5) is 4.39 Å². The molecule has 156 valence electrons. The van der Waals surface area contributed by atoms with E-state index < -0.39 is 0 Å². The Hall–Kier alpha value is -2.21. The van der Waals surface area contributed by atoms with Gasteiger partial charge in [0.1, 0.15) is 5.82 Å². The number of amides is 2. The summed E-state index contributed by atoms with van der Waals surface area (Å²) in [7, 11) is 0. The molecule has 1 aromatic heterocycles. The lowest BCUT2D eigenvalue weighted by atomic mass is 9.93. The Morgan fingerprint density at radius 3 is 2.62 bits per heavy atom. The predicted molar refractivity (Wildman–Crippen MR) is 114 cm³/mol. The van der Waals surface area contributed by atoms with Gasteiger partial charge in [-0.05, 0) is 53.5 Å². The second-order valence-corrected chi connectivity index (χ2v) is 9.00.